The van der Waals surface area contributed by atoms with Crippen molar-refractivity contribution in [1.29, 1.82) is 0 Å². The van der Waals surface area contributed by atoms with Gasteiger partial charge in [0.05, 0.1) is 11.0 Å². The van der Waals surface area contributed by atoms with E-state index in [9.17, 15) is 4.91 Å². The molecule has 0 amide bonds. The Labute approximate surface area is 69.3 Å². The van der Waals surface area contributed by atoms with E-state index in [1.165, 1.54) is 0 Å². The van der Waals surface area contributed by atoms with E-state index < -0.39 is 0 Å². The van der Waals surface area contributed by atoms with Crippen molar-refractivity contribution in [2.45, 2.75) is 6.92 Å². The van der Waals surface area contributed by atoms with Gasteiger partial charge in [0.1, 0.15) is 0 Å². The Morgan fingerprint density at radius 1 is 1.55 bits per heavy atom. The van der Waals surface area contributed by atoms with Gasteiger partial charge in [-0.15, -0.1) is 4.91 Å². The minimum Gasteiger partial charge on any atom is -0.242 e. The zero-order valence-electron chi connectivity index (χ0n) is 5.97. The fraction of sp³-hybridized carbons (Fsp3) is 0.143. The second-order valence-corrected chi connectivity index (χ2v) is 2.60. The number of hydrogen-bond acceptors (Lipinski definition) is 2. The highest BCUT2D eigenvalue weighted by Crippen LogP contribution is 2.19. The molecule has 0 aromatic heterocycles. The Morgan fingerprint density at radius 2 is 2.27 bits per heavy atom. The predicted molar refractivity (Wildman–Crippen MR) is 45.6 cm³/mol. The fourth-order valence-corrected chi connectivity index (χ4v) is 1.03. The summed E-state index contributed by atoms with van der Waals surface area (Å²) in [7, 11) is 0. The van der Waals surface area contributed by atoms with Crippen molar-refractivity contribution >= 4 is 17.3 Å². The molecule has 0 bridgehead atoms. The van der Waals surface area contributed by atoms with Gasteiger partial charge in [-0.2, -0.15) is 0 Å². The number of aryl methyl sites for hydroxylation is 1. The van der Waals surface area contributed by atoms with Gasteiger partial charge in [-0.25, -0.2) is 5.43 Å². The molecule has 0 aliphatic rings. The molecule has 58 valence electrons. The van der Waals surface area contributed by atoms with Gasteiger partial charge in [0, 0.05) is 5.02 Å². The number of halogens is 1. The van der Waals surface area contributed by atoms with Gasteiger partial charge in [0.2, 0.25) is 0 Å². The van der Waals surface area contributed by atoms with Crippen molar-refractivity contribution in [1.82, 2.24) is 0 Å². The Balaban J connectivity index is 2.98. The number of nitrogens with one attached hydrogen (secondary N) is 1. The van der Waals surface area contributed by atoms with Crippen molar-refractivity contribution in [3.05, 3.63) is 33.7 Å². The third kappa shape index (κ3) is 1.91. The van der Waals surface area contributed by atoms with E-state index in [2.05, 4.69) is 10.7 Å². The zero-order chi connectivity index (χ0) is 8.27. The highest BCUT2D eigenvalue weighted by molar-refractivity contribution is 6.30. The van der Waals surface area contributed by atoms with E-state index in [0.717, 1.165) is 5.56 Å². The summed E-state index contributed by atoms with van der Waals surface area (Å²) >= 11 is 5.68. The van der Waals surface area contributed by atoms with Gasteiger partial charge in [0.25, 0.3) is 0 Å². The number of benzene rings is 1. The summed E-state index contributed by atoms with van der Waals surface area (Å²) in [5, 5.41) is 3.21. The molecule has 1 aromatic carbocycles. The molecule has 0 unspecified atom stereocenters. The topological polar surface area (TPSA) is 41.5 Å². The molecule has 1 aromatic rings. The van der Waals surface area contributed by atoms with Gasteiger partial charge in [-0.1, -0.05) is 11.6 Å². The maximum Gasteiger partial charge on any atom is 0.0624 e. The lowest BCUT2D eigenvalue weighted by molar-refractivity contribution is 1.28. The normalized spacial score (nSPS) is 9.27. The molecule has 1 N–H and O–H groups in total. The molecule has 0 saturated carbocycles. The average molecular weight is 171 g/mol. The molecule has 0 saturated heterocycles. The smallest absolute Gasteiger partial charge is 0.0624 e. The van der Waals surface area contributed by atoms with E-state index in [-0.39, 0.29) is 0 Å². The Kier molecular flexibility index (Phi) is 2.44. The summed E-state index contributed by atoms with van der Waals surface area (Å²) in [5.74, 6) is 0. The van der Waals surface area contributed by atoms with Crippen LogP contribution in [0.1, 0.15) is 5.56 Å². The highest BCUT2D eigenvalue weighted by atomic mass is 35.5. The maximum atomic E-state index is 9.82. The van der Waals surface area contributed by atoms with Crippen molar-refractivity contribution in [2.75, 3.05) is 5.43 Å². The molecule has 0 aliphatic carbocycles. The first-order valence-corrected chi connectivity index (χ1v) is 3.46. The monoisotopic (exact) mass is 170 g/mol. The van der Waals surface area contributed by atoms with Gasteiger partial charge < -0.3 is 0 Å². The van der Waals surface area contributed by atoms with E-state index in [4.69, 9.17) is 11.6 Å². The van der Waals surface area contributed by atoms with Crippen LogP contribution in [0, 0.1) is 11.8 Å². The molecule has 0 aliphatic heterocycles. The van der Waals surface area contributed by atoms with Gasteiger partial charge in [-0.05, 0) is 30.7 Å². The SMILES string of the molecule is Cc1cc(Cl)ccc1NN=O. The van der Waals surface area contributed by atoms with Crippen molar-refractivity contribution in [3.8, 4) is 0 Å². The standard InChI is InChI=1S/C7H7ClN2O/c1-5-4-6(8)2-3-7(5)9-10-11/h2-4H,1H3,(H,9,11). The minimum absolute atomic E-state index is 0.652. The lowest BCUT2D eigenvalue weighted by atomic mass is 10.2. The molecule has 4 heteroatoms. The van der Waals surface area contributed by atoms with Crippen LogP contribution in [0.4, 0.5) is 5.69 Å². The van der Waals surface area contributed by atoms with Crippen LogP contribution >= 0.6 is 11.6 Å². The van der Waals surface area contributed by atoms with Crippen LogP contribution in [0.3, 0.4) is 0 Å². The van der Waals surface area contributed by atoms with E-state index >= 15 is 0 Å². The first-order valence-electron chi connectivity index (χ1n) is 3.08. The summed E-state index contributed by atoms with van der Waals surface area (Å²) < 4.78 is 0. The number of nitrogens with zero attached hydrogens (tertiary/aromatic N) is 1. The van der Waals surface area contributed by atoms with Crippen LogP contribution in [0.2, 0.25) is 5.02 Å². The van der Waals surface area contributed by atoms with Gasteiger partial charge in [-0.3, -0.25) is 0 Å². The largest absolute Gasteiger partial charge is 0.242 e. The fourth-order valence-electron chi connectivity index (χ4n) is 0.802. The molecule has 0 atom stereocenters. The second kappa shape index (κ2) is 3.34. The van der Waals surface area contributed by atoms with Crippen LogP contribution < -0.4 is 5.43 Å². The number of anilines is 1. The summed E-state index contributed by atoms with van der Waals surface area (Å²) in [6.07, 6.45) is 0. The average Bonchev–Trinajstić information content (AvgIpc) is 1.95. The predicted octanol–water partition coefficient (Wildman–Crippen LogP) is 2.74. The van der Waals surface area contributed by atoms with Crippen LogP contribution in [0.15, 0.2) is 23.5 Å². The van der Waals surface area contributed by atoms with Crippen LogP contribution in [-0.4, -0.2) is 0 Å². The third-order valence-electron chi connectivity index (χ3n) is 1.35. The third-order valence-corrected chi connectivity index (χ3v) is 1.59. The highest BCUT2D eigenvalue weighted by Gasteiger charge is 1.96. The van der Waals surface area contributed by atoms with E-state index in [0.29, 0.717) is 10.7 Å². The van der Waals surface area contributed by atoms with Gasteiger partial charge >= 0.3 is 0 Å². The summed E-state index contributed by atoms with van der Waals surface area (Å²) in [5.41, 5.74) is 3.90. The van der Waals surface area contributed by atoms with E-state index in [1.807, 2.05) is 6.92 Å². The quantitative estimate of drug-likeness (QED) is 0.548. The maximum absolute atomic E-state index is 9.82. The summed E-state index contributed by atoms with van der Waals surface area (Å²) in [6.45, 7) is 1.85. The van der Waals surface area contributed by atoms with Gasteiger partial charge in [0.15, 0.2) is 0 Å². The van der Waals surface area contributed by atoms with Crippen molar-refractivity contribution in [3.63, 3.8) is 0 Å². The first-order chi connectivity index (χ1) is 5.24. The number of hydrogen-bond donors (Lipinski definition) is 1. The van der Waals surface area contributed by atoms with Crippen LogP contribution in [0.25, 0.3) is 0 Å². The first kappa shape index (κ1) is 8.01. The Bertz CT molecular complexity index is 275. The lowest BCUT2D eigenvalue weighted by Gasteiger charge is -2.01. The Morgan fingerprint density at radius 3 is 2.82 bits per heavy atom. The lowest BCUT2D eigenvalue weighted by Crippen LogP contribution is -1.88. The molecule has 0 spiro atoms. The summed E-state index contributed by atoms with van der Waals surface area (Å²) in [6, 6.07) is 5.16. The molecular weight excluding hydrogens is 164 g/mol. The number of rotatable bonds is 2. The molecule has 3 nitrogen and oxygen atoms in total. The van der Waals surface area contributed by atoms with Crippen molar-refractivity contribution < 1.29 is 0 Å². The molecule has 0 fully saturated rings. The molecular formula is C7H7ClN2O. The number of nitroso groups, excluding NO2 is 1. The minimum atomic E-state index is 0.652. The second-order valence-electron chi connectivity index (χ2n) is 2.16. The molecule has 1 rings (SSSR count). The van der Waals surface area contributed by atoms with Crippen molar-refractivity contribution in [2.24, 2.45) is 5.29 Å². The summed E-state index contributed by atoms with van der Waals surface area (Å²) in [4.78, 5) is 9.82. The Hall–Kier alpha value is -1.09. The van der Waals surface area contributed by atoms with E-state index in [1.54, 1.807) is 18.2 Å². The zero-order valence-corrected chi connectivity index (χ0v) is 6.72. The van der Waals surface area contributed by atoms with Crippen LogP contribution in [-0.2, 0) is 0 Å². The van der Waals surface area contributed by atoms with Crippen LogP contribution in [0.5, 0.6) is 0 Å². The molecule has 0 heterocycles. The molecule has 11 heavy (non-hydrogen) atoms. The molecule has 0 radical (unpaired) electrons.